The van der Waals surface area contributed by atoms with E-state index in [1.807, 2.05) is 13.8 Å². The van der Waals surface area contributed by atoms with E-state index in [4.69, 9.17) is 0 Å². The Kier molecular flexibility index (Phi) is 5.97. The van der Waals surface area contributed by atoms with Gasteiger partial charge < -0.3 is 4.90 Å². The van der Waals surface area contributed by atoms with Crippen LogP contribution in [-0.4, -0.2) is 58.4 Å². The Morgan fingerprint density at radius 2 is 1.84 bits per heavy atom. The molecule has 0 aliphatic heterocycles. The van der Waals surface area contributed by atoms with Gasteiger partial charge in [0, 0.05) is 12.6 Å². The summed E-state index contributed by atoms with van der Waals surface area (Å²) in [5.74, 6) is -1.32. The van der Waals surface area contributed by atoms with Crippen molar-refractivity contribution in [3.05, 3.63) is 72.3 Å². The maximum absolute atomic E-state index is 14.0. The highest BCUT2D eigenvalue weighted by Gasteiger charge is 2.25. The highest BCUT2D eigenvalue weighted by Crippen LogP contribution is 2.19. The number of benzene rings is 1. The molecule has 0 aliphatic rings. The molecule has 3 heterocycles. The molecule has 1 atom stereocenters. The summed E-state index contributed by atoms with van der Waals surface area (Å²) >= 11 is 0. The van der Waals surface area contributed by atoms with Crippen molar-refractivity contribution < 1.29 is 13.6 Å². The summed E-state index contributed by atoms with van der Waals surface area (Å²) in [4.78, 5) is 20.2. The van der Waals surface area contributed by atoms with Gasteiger partial charge in [-0.2, -0.15) is 15.0 Å². The summed E-state index contributed by atoms with van der Waals surface area (Å²) < 4.78 is 28.7. The van der Waals surface area contributed by atoms with Crippen molar-refractivity contribution in [2.24, 2.45) is 0 Å². The van der Waals surface area contributed by atoms with Gasteiger partial charge >= 0.3 is 0 Å². The maximum Gasteiger partial charge on any atom is 0.256 e. The number of halogens is 2. The van der Waals surface area contributed by atoms with E-state index < -0.39 is 11.6 Å². The van der Waals surface area contributed by atoms with Gasteiger partial charge in [0.05, 0.1) is 48.3 Å². The first kappa shape index (κ1) is 21.2. The lowest BCUT2D eigenvalue weighted by molar-refractivity contribution is 0.0683. The second-order valence-electron chi connectivity index (χ2n) is 7.11. The Morgan fingerprint density at radius 3 is 2.53 bits per heavy atom. The average Bonchev–Trinajstić information content (AvgIpc) is 3.47. The van der Waals surface area contributed by atoms with Gasteiger partial charge in [0.2, 0.25) is 0 Å². The number of aromatic nitrogens is 7. The number of rotatable bonds is 7. The van der Waals surface area contributed by atoms with Gasteiger partial charge in [-0.3, -0.25) is 9.78 Å². The van der Waals surface area contributed by atoms with E-state index in [1.165, 1.54) is 47.5 Å². The number of amides is 1. The molecule has 0 aliphatic carbocycles. The Balaban J connectivity index is 1.55. The molecule has 32 heavy (non-hydrogen) atoms. The van der Waals surface area contributed by atoms with E-state index in [9.17, 15) is 13.6 Å². The fourth-order valence-corrected chi connectivity index (χ4v) is 3.41. The fraction of sp³-hybridized carbons (Fsp3) is 0.238. The molecule has 11 heteroatoms. The third-order valence-electron chi connectivity index (χ3n) is 4.94. The van der Waals surface area contributed by atoms with Crippen molar-refractivity contribution in [3.63, 3.8) is 0 Å². The second-order valence-corrected chi connectivity index (χ2v) is 7.11. The quantitative estimate of drug-likeness (QED) is 0.440. The van der Waals surface area contributed by atoms with Crippen LogP contribution in [0, 0.1) is 11.6 Å². The van der Waals surface area contributed by atoms with Gasteiger partial charge in [-0.1, -0.05) is 5.21 Å². The van der Waals surface area contributed by atoms with Crippen LogP contribution in [0.15, 0.2) is 55.1 Å². The minimum absolute atomic E-state index is 0.157. The molecule has 1 aromatic carbocycles. The van der Waals surface area contributed by atoms with Crippen LogP contribution < -0.4 is 0 Å². The molecule has 164 valence electrons. The number of hydrogen-bond donors (Lipinski definition) is 0. The van der Waals surface area contributed by atoms with E-state index >= 15 is 0 Å². The number of hydrogen-bond acceptors (Lipinski definition) is 6. The third kappa shape index (κ3) is 4.36. The normalized spacial score (nSPS) is 12.0. The number of carbonyl (C=O) groups excluding carboxylic acids is 1. The van der Waals surface area contributed by atoms with E-state index in [0.29, 0.717) is 30.2 Å². The van der Waals surface area contributed by atoms with E-state index in [1.54, 1.807) is 15.8 Å². The van der Waals surface area contributed by atoms with Crippen molar-refractivity contribution in [3.8, 4) is 17.1 Å². The first-order valence-electron chi connectivity index (χ1n) is 9.95. The summed E-state index contributed by atoms with van der Waals surface area (Å²) in [6.07, 6.45) is 5.75. The molecule has 9 nitrogen and oxygen atoms in total. The highest BCUT2D eigenvalue weighted by molar-refractivity contribution is 5.97. The molecule has 4 rings (SSSR count). The molecule has 0 N–H and O–H groups in total. The highest BCUT2D eigenvalue weighted by atomic mass is 19.1. The predicted octanol–water partition coefficient (Wildman–Crippen LogP) is 2.75. The first-order chi connectivity index (χ1) is 15.5. The molecular formula is C21H20F2N8O. The van der Waals surface area contributed by atoms with Crippen molar-refractivity contribution >= 4 is 5.91 Å². The zero-order chi connectivity index (χ0) is 22.7. The summed E-state index contributed by atoms with van der Waals surface area (Å²) in [5.41, 5.74) is 1.52. The molecule has 0 fully saturated rings. The number of pyridine rings is 1. The summed E-state index contributed by atoms with van der Waals surface area (Å²) in [6.45, 7) is 4.45. The van der Waals surface area contributed by atoms with Crippen LogP contribution in [-0.2, 0) is 6.54 Å². The Morgan fingerprint density at radius 1 is 1.09 bits per heavy atom. The van der Waals surface area contributed by atoms with E-state index in [0.717, 1.165) is 6.20 Å². The molecule has 0 spiro atoms. The van der Waals surface area contributed by atoms with E-state index in [-0.39, 0.29) is 17.5 Å². The first-order valence-corrected chi connectivity index (χ1v) is 9.95. The van der Waals surface area contributed by atoms with Crippen LogP contribution in [0.2, 0.25) is 0 Å². The predicted molar refractivity (Wildman–Crippen MR) is 111 cm³/mol. The van der Waals surface area contributed by atoms with Crippen molar-refractivity contribution in [1.29, 1.82) is 0 Å². The Labute approximate surface area is 182 Å². The summed E-state index contributed by atoms with van der Waals surface area (Å²) in [5, 5.41) is 16.3. The molecule has 0 unspecified atom stereocenters. The molecule has 0 saturated heterocycles. The lowest BCUT2D eigenvalue weighted by Crippen LogP contribution is -2.41. The lowest BCUT2D eigenvalue weighted by atomic mass is 10.1. The minimum atomic E-state index is -0.527. The van der Waals surface area contributed by atoms with Gasteiger partial charge in [0.1, 0.15) is 17.3 Å². The third-order valence-corrected chi connectivity index (χ3v) is 4.94. The molecule has 0 radical (unpaired) electrons. The molecule has 0 saturated carbocycles. The standard InChI is InChI=1S/C21H20F2N8O/c1-3-30(21(32)17-10-15(22)5-7-20(17)31-25-8-9-26-31)14(2)12-29-13-19(27-28-29)18-6-4-16(23)11-24-18/h4-11,13-14H,3,12H2,1-2H3/t14-/m0/s1. The van der Waals surface area contributed by atoms with Crippen LogP contribution >= 0.6 is 0 Å². The zero-order valence-corrected chi connectivity index (χ0v) is 17.4. The summed E-state index contributed by atoms with van der Waals surface area (Å²) in [7, 11) is 0. The van der Waals surface area contributed by atoms with Crippen LogP contribution in [0.3, 0.4) is 0 Å². The van der Waals surface area contributed by atoms with Gasteiger partial charge in [-0.05, 0) is 44.2 Å². The smallest absolute Gasteiger partial charge is 0.256 e. The van der Waals surface area contributed by atoms with Gasteiger partial charge in [-0.25, -0.2) is 13.5 Å². The van der Waals surface area contributed by atoms with Crippen molar-refractivity contribution in [2.75, 3.05) is 6.54 Å². The van der Waals surface area contributed by atoms with Crippen LogP contribution in [0.25, 0.3) is 17.1 Å². The van der Waals surface area contributed by atoms with Crippen LogP contribution in [0.4, 0.5) is 8.78 Å². The number of likely N-dealkylation sites (N-methyl/N-ethyl adjacent to an activating group) is 1. The van der Waals surface area contributed by atoms with Crippen LogP contribution in [0.5, 0.6) is 0 Å². The van der Waals surface area contributed by atoms with E-state index in [2.05, 4.69) is 25.5 Å². The van der Waals surface area contributed by atoms with Crippen LogP contribution in [0.1, 0.15) is 24.2 Å². The van der Waals surface area contributed by atoms with Crippen molar-refractivity contribution in [2.45, 2.75) is 26.4 Å². The summed E-state index contributed by atoms with van der Waals surface area (Å²) in [6, 6.07) is 6.45. The van der Waals surface area contributed by atoms with Crippen molar-refractivity contribution in [1.82, 2.24) is 39.9 Å². The maximum atomic E-state index is 14.0. The SMILES string of the molecule is CCN(C(=O)c1cc(F)ccc1-n1nccn1)[C@@H](C)Cn1cc(-c2ccc(F)cn2)nn1. The molecule has 4 aromatic rings. The zero-order valence-electron chi connectivity index (χ0n) is 17.4. The number of carbonyl (C=O) groups is 1. The number of nitrogens with zero attached hydrogens (tertiary/aromatic N) is 8. The minimum Gasteiger partial charge on any atom is -0.334 e. The lowest BCUT2D eigenvalue weighted by Gasteiger charge is -2.28. The molecule has 3 aromatic heterocycles. The molecule has 1 amide bonds. The topological polar surface area (TPSA) is 94.6 Å². The monoisotopic (exact) mass is 438 g/mol. The van der Waals surface area contributed by atoms with Gasteiger partial charge in [0.15, 0.2) is 0 Å². The Hall–Kier alpha value is -4.02. The van der Waals surface area contributed by atoms with Gasteiger partial charge in [0.25, 0.3) is 5.91 Å². The average molecular weight is 438 g/mol. The Bertz CT molecular complexity index is 1210. The second kappa shape index (κ2) is 9.00. The fourth-order valence-electron chi connectivity index (χ4n) is 3.41. The van der Waals surface area contributed by atoms with Gasteiger partial charge in [-0.15, -0.1) is 5.10 Å². The molecule has 0 bridgehead atoms. The molecular weight excluding hydrogens is 418 g/mol. The largest absolute Gasteiger partial charge is 0.334 e.